The second-order valence-corrected chi connectivity index (χ2v) is 5.05. The van der Waals surface area contributed by atoms with Gasteiger partial charge in [0.25, 0.3) is 5.95 Å². The predicted octanol–water partition coefficient (Wildman–Crippen LogP) is 2.23. The molecular weight excluding hydrogens is 266 g/mol. The van der Waals surface area contributed by atoms with Crippen LogP contribution in [-0.2, 0) is 4.74 Å². The van der Waals surface area contributed by atoms with Crippen molar-refractivity contribution in [2.45, 2.75) is 18.9 Å². The summed E-state index contributed by atoms with van der Waals surface area (Å²) in [5.41, 5.74) is 1.02. The lowest BCUT2D eigenvalue weighted by Crippen LogP contribution is -2.20. The summed E-state index contributed by atoms with van der Waals surface area (Å²) in [5, 5.41) is 11.4. The number of ether oxygens (including phenoxy) is 1. The molecule has 0 aliphatic carbocycles. The SMILES string of the molecule is CN(c1ccccc1)c1nncc(NCC2CCCO2)n1. The van der Waals surface area contributed by atoms with Gasteiger partial charge in [-0.1, -0.05) is 18.2 Å². The third-order valence-electron chi connectivity index (χ3n) is 3.53. The van der Waals surface area contributed by atoms with Crippen LogP contribution in [0.1, 0.15) is 12.8 Å². The van der Waals surface area contributed by atoms with Crippen molar-refractivity contribution in [3.05, 3.63) is 36.5 Å². The first-order valence-corrected chi connectivity index (χ1v) is 7.17. The Morgan fingerprint density at radius 2 is 2.19 bits per heavy atom. The first-order valence-electron chi connectivity index (χ1n) is 7.17. The summed E-state index contributed by atoms with van der Waals surface area (Å²) < 4.78 is 5.58. The van der Waals surface area contributed by atoms with Gasteiger partial charge in [0, 0.05) is 25.9 Å². The van der Waals surface area contributed by atoms with Crippen LogP contribution in [0.5, 0.6) is 0 Å². The van der Waals surface area contributed by atoms with Gasteiger partial charge in [0.05, 0.1) is 12.3 Å². The van der Waals surface area contributed by atoms with Crippen molar-refractivity contribution in [2.75, 3.05) is 30.4 Å². The zero-order valence-corrected chi connectivity index (χ0v) is 12.1. The number of aromatic nitrogens is 3. The molecule has 3 rings (SSSR count). The molecule has 0 spiro atoms. The molecule has 1 aliphatic rings. The van der Waals surface area contributed by atoms with Gasteiger partial charge in [-0.2, -0.15) is 10.1 Å². The fourth-order valence-corrected chi connectivity index (χ4v) is 2.31. The number of anilines is 3. The normalized spacial score (nSPS) is 17.7. The van der Waals surface area contributed by atoms with Crippen LogP contribution in [0.3, 0.4) is 0 Å². The summed E-state index contributed by atoms with van der Waals surface area (Å²) in [4.78, 5) is 6.40. The Labute approximate surface area is 124 Å². The molecule has 0 bridgehead atoms. The third-order valence-corrected chi connectivity index (χ3v) is 3.53. The molecular formula is C15H19N5O. The zero-order chi connectivity index (χ0) is 14.5. The molecule has 0 saturated carbocycles. The van der Waals surface area contributed by atoms with Gasteiger partial charge in [-0.3, -0.25) is 0 Å². The van der Waals surface area contributed by atoms with E-state index in [0.717, 1.165) is 37.5 Å². The van der Waals surface area contributed by atoms with Crippen LogP contribution in [0.15, 0.2) is 36.5 Å². The molecule has 1 aliphatic heterocycles. The van der Waals surface area contributed by atoms with Gasteiger partial charge in [0.15, 0.2) is 5.82 Å². The molecule has 1 aromatic carbocycles. The third kappa shape index (κ3) is 3.46. The molecule has 21 heavy (non-hydrogen) atoms. The summed E-state index contributed by atoms with van der Waals surface area (Å²) in [7, 11) is 1.93. The molecule has 6 heteroatoms. The fraction of sp³-hybridized carbons (Fsp3) is 0.400. The van der Waals surface area contributed by atoms with Crippen LogP contribution in [0.25, 0.3) is 0 Å². The van der Waals surface area contributed by atoms with E-state index in [1.54, 1.807) is 6.20 Å². The summed E-state index contributed by atoms with van der Waals surface area (Å²) >= 11 is 0. The van der Waals surface area contributed by atoms with Crippen LogP contribution in [0, 0.1) is 0 Å². The summed E-state index contributed by atoms with van der Waals surface area (Å²) in [6, 6.07) is 9.97. The van der Waals surface area contributed by atoms with Crippen LogP contribution in [-0.4, -0.2) is 41.5 Å². The highest BCUT2D eigenvalue weighted by Crippen LogP contribution is 2.19. The Bertz CT molecular complexity index is 571. The molecule has 2 aromatic rings. The second-order valence-electron chi connectivity index (χ2n) is 5.05. The van der Waals surface area contributed by atoms with E-state index >= 15 is 0 Å². The zero-order valence-electron chi connectivity index (χ0n) is 12.1. The average molecular weight is 285 g/mol. The number of para-hydroxylation sites is 1. The Balaban J connectivity index is 1.67. The molecule has 6 nitrogen and oxygen atoms in total. The smallest absolute Gasteiger partial charge is 0.251 e. The summed E-state index contributed by atoms with van der Waals surface area (Å²) in [5.74, 6) is 1.29. The van der Waals surface area contributed by atoms with E-state index < -0.39 is 0 Å². The quantitative estimate of drug-likeness (QED) is 0.909. The molecule has 0 radical (unpaired) electrons. The highest BCUT2D eigenvalue weighted by Gasteiger charge is 2.15. The second kappa shape index (κ2) is 6.49. The number of hydrogen-bond acceptors (Lipinski definition) is 6. The topological polar surface area (TPSA) is 63.2 Å². The molecule has 1 atom stereocenters. The van der Waals surface area contributed by atoms with Gasteiger partial charge < -0.3 is 15.0 Å². The molecule has 110 valence electrons. The number of nitrogens with one attached hydrogen (secondary N) is 1. The van der Waals surface area contributed by atoms with E-state index in [1.165, 1.54) is 0 Å². The maximum atomic E-state index is 5.58. The first-order chi connectivity index (χ1) is 10.3. The molecule has 1 saturated heterocycles. The highest BCUT2D eigenvalue weighted by molar-refractivity contribution is 5.56. The van der Waals surface area contributed by atoms with E-state index in [1.807, 2.05) is 42.3 Å². The Morgan fingerprint density at radius 3 is 2.95 bits per heavy atom. The van der Waals surface area contributed by atoms with E-state index in [9.17, 15) is 0 Å². The van der Waals surface area contributed by atoms with Gasteiger partial charge in [0.1, 0.15) is 0 Å². The van der Waals surface area contributed by atoms with Crippen molar-refractivity contribution in [2.24, 2.45) is 0 Å². The molecule has 1 fully saturated rings. The Kier molecular flexibility index (Phi) is 4.25. The van der Waals surface area contributed by atoms with Crippen molar-refractivity contribution >= 4 is 17.5 Å². The number of benzene rings is 1. The first kappa shape index (κ1) is 13.8. The Hall–Kier alpha value is -2.21. The van der Waals surface area contributed by atoms with Crippen LogP contribution >= 0.6 is 0 Å². The largest absolute Gasteiger partial charge is 0.376 e. The van der Waals surface area contributed by atoms with E-state index in [0.29, 0.717) is 5.95 Å². The van der Waals surface area contributed by atoms with Crippen molar-refractivity contribution in [3.8, 4) is 0 Å². The maximum absolute atomic E-state index is 5.58. The van der Waals surface area contributed by atoms with E-state index in [-0.39, 0.29) is 6.10 Å². The maximum Gasteiger partial charge on any atom is 0.251 e. The highest BCUT2D eigenvalue weighted by atomic mass is 16.5. The monoisotopic (exact) mass is 285 g/mol. The summed E-state index contributed by atoms with van der Waals surface area (Å²) in [6.07, 6.45) is 4.14. The van der Waals surface area contributed by atoms with Crippen molar-refractivity contribution in [1.29, 1.82) is 0 Å². The van der Waals surface area contributed by atoms with Crippen molar-refractivity contribution < 1.29 is 4.74 Å². The number of nitrogens with zero attached hydrogens (tertiary/aromatic N) is 4. The van der Waals surface area contributed by atoms with Crippen molar-refractivity contribution in [3.63, 3.8) is 0 Å². The van der Waals surface area contributed by atoms with Crippen molar-refractivity contribution in [1.82, 2.24) is 15.2 Å². The van der Waals surface area contributed by atoms with Crippen LogP contribution < -0.4 is 10.2 Å². The lowest BCUT2D eigenvalue weighted by molar-refractivity contribution is 0.120. The molecule has 2 heterocycles. The lowest BCUT2D eigenvalue weighted by Gasteiger charge is -2.17. The molecule has 0 amide bonds. The van der Waals surface area contributed by atoms with Crippen LogP contribution in [0.4, 0.5) is 17.5 Å². The number of hydrogen-bond donors (Lipinski definition) is 1. The van der Waals surface area contributed by atoms with E-state index in [2.05, 4.69) is 20.5 Å². The fourth-order valence-electron chi connectivity index (χ4n) is 2.31. The van der Waals surface area contributed by atoms with Gasteiger partial charge in [-0.25, -0.2) is 0 Å². The number of rotatable bonds is 5. The predicted molar refractivity (Wildman–Crippen MR) is 81.8 cm³/mol. The van der Waals surface area contributed by atoms with Gasteiger partial charge >= 0.3 is 0 Å². The standard InChI is InChI=1S/C15H19N5O/c1-20(12-6-3-2-4-7-12)15-18-14(11-17-19-15)16-10-13-8-5-9-21-13/h2-4,6-7,11,13H,5,8-10H2,1H3,(H,16,18,19). The molecule has 1 unspecified atom stereocenters. The summed E-state index contributed by atoms with van der Waals surface area (Å²) in [6.45, 7) is 1.61. The van der Waals surface area contributed by atoms with Crippen LogP contribution in [0.2, 0.25) is 0 Å². The van der Waals surface area contributed by atoms with Gasteiger partial charge in [-0.15, -0.1) is 5.10 Å². The molecule has 1 aromatic heterocycles. The lowest BCUT2D eigenvalue weighted by atomic mass is 10.2. The minimum Gasteiger partial charge on any atom is -0.376 e. The van der Waals surface area contributed by atoms with Gasteiger partial charge in [0.2, 0.25) is 0 Å². The Morgan fingerprint density at radius 1 is 1.33 bits per heavy atom. The minimum atomic E-state index is 0.273. The van der Waals surface area contributed by atoms with Gasteiger partial charge in [-0.05, 0) is 25.0 Å². The average Bonchev–Trinajstić information content (AvgIpc) is 3.07. The minimum absolute atomic E-state index is 0.273. The van der Waals surface area contributed by atoms with E-state index in [4.69, 9.17) is 4.74 Å². The molecule has 1 N–H and O–H groups in total.